The van der Waals surface area contributed by atoms with Crippen molar-refractivity contribution in [2.75, 3.05) is 30.5 Å². The fourth-order valence-corrected chi connectivity index (χ4v) is 2.33. The van der Waals surface area contributed by atoms with E-state index in [1.165, 1.54) is 18.9 Å². The first kappa shape index (κ1) is 18.0. The minimum atomic E-state index is -0.289. The molecule has 0 atom stereocenters. The number of amides is 2. The second-order valence-corrected chi connectivity index (χ2v) is 5.47. The molecule has 0 heterocycles. The van der Waals surface area contributed by atoms with Gasteiger partial charge in [0.05, 0.1) is 19.3 Å². The monoisotopic (exact) mass is 324 g/mol. The second kappa shape index (κ2) is 9.83. The molecule has 2 amide bonds. The molecule has 0 unspecified atom stereocenters. The first-order valence-corrected chi connectivity index (χ1v) is 8.05. The molecule has 22 heavy (non-hydrogen) atoms. The quantitative estimate of drug-likeness (QED) is 0.561. The number of thioether (sulfide) groups is 1. The van der Waals surface area contributed by atoms with Crippen LogP contribution < -0.4 is 10.6 Å². The number of hydrogen-bond donors (Lipinski definition) is 2. The Bertz CT molecular complexity index is 534. The second-order valence-electron chi connectivity index (χ2n) is 4.37. The van der Waals surface area contributed by atoms with E-state index in [0.29, 0.717) is 23.5 Å². The highest BCUT2D eigenvalue weighted by Gasteiger charge is 2.08. The van der Waals surface area contributed by atoms with Crippen molar-refractivity contribution in [2.24, 2.45) is 0 Å². The number of methoxy groups -OCH3 is 1. The van der Waals surface area contributed by atoms with Gasteiger partial charge in [-0.1, -0.05) is 6.07 Å². The number of hydrogen-bond acceptors (Lipinski definition) is 5. The van der Waals surface area contributed by atoms with E-state index in [9.17, 15) is 14.4 Å². The number of carbonyl (C=O) groups is 3. The standard InChI is InChI=1S/C15H20N2O4S/c1-3-16-15(20)11-5-4-6-12(9-11)17-13(18)10-22-8-7-14(19)21-2/h4-6,9H,3,7-8,10H2,1-2H3,(H,16,20)(H,17,18). The lowest BCUT2D eigenvalue weighted by atomic mass is 10.2. The summed E-state index contributed by atoms with van der Waals surface area (Å²) in [6.45, 7) is 2.39. The summed E-state index contributed by atoms with van der Waals surface area (Å²) >= 11 is 1.35. The largest absolute Gasteiger partial charge is 0.469 e. The Kier molecular flexibility index (Phi) is 8.06. The average molecular weight is 324 g/mol. The predicted molar refractivity (Wildman–Crippen MR) is 87.0 cm³/mol. The van der Waals surface area contributed by atoms with Crippen molar-refractivity contribution in [3.63, 3.8) is 0 Å². The van der Waals surface area contributed by atoms with Gasteiger partial charge < -0.3 is 15.4 Å². The van der Waals surface area contributed by atoms with Gasteiger partial charge >= 0.3 is 5.97 Å². The van der Waals surface area contributed by atoms with Crippen LogP contribution in [-0.4, -0.2) is 42.9 Å². The normalized spacial score (nSPS) is 9.91. The van der Waals surface area contributed by atoms with E-state index in [1.807, 2.05) is 6.92 Å². The van der Waals surface area contributed by atoms with Crippen molar-refractivity contribution in [1.82, 2.24) is 5.32 Å². The van der Waals surface area contributed by atoms with Gasteiger partial charge in [-0.3, -0.25) is 14.4 Å². The van der Waals surface area contributed by atoms with Crippen LogP contribution in [0.5, 0.6) is 0 Å². The summed E-state index contributed by atoms with van der Waals surface area (Å²) in [6.07, 6.45) is 0.279. The summed E-state index contributed by atoms with van der Waals surface area (Å²) < 4.78 is 4.52. The van der Waals surface area contributed by atoms with E-state index >= 15 is 0 Å². The van der Waals surface area contributed by atoms with Gasteiger partial charge in [0.1, 0.15) is 0 Å². The number of esters is 1. The molecule has 0 radical (unpaired) electrons. The lowest BCUT2D eigenvalue weighted by Crippen LogP contribution is -2.23. The van der Waals surface area contributed by atoms with E-state index in [2.05, 4.69) is 15.4 Å². The van der Waals surface area contributed by atoms with Crippen LogP contribution >= 0.6 is 11.8 Å². The highest BCUT2D eigenvalue weighted by atomic mass is 32.2. The topological polar surface area (TPSA) is 84.5 Å². The minimum absolute atomic E-state index is 0.175. The summed E-state index contributed by atoms with van der Waals surface area (Å²) in [5.74, 6) is 0.123. The molecule has 0 aliphatic heterocycles. The Morgan fingerprint density at radius 3 is 2.73 bits per heavy atom. The molecule has 0 saturated carbocycles. The van der Waals surface area contributed by atoms with E-state index in [4.69, 9.17) is 0 Å². The van der Waals surface area contributed by atoms with Gasteiger partial charge in [0.15, 0.2) is 0 Å². The summed E-state index contributed by atoms with van der Waals surface area (Å²) in [5, 5.41) is 5.43. The van der Waals surface area contributed by atoms with Gasteiger partial charge in [0.2, 0.25) is 5.91 Å². The number of benzene rings is 1. The van der Waals surface area contributed by atoms with Crippen LogP contribution in [0.15, 0.2) is 24.3 Å². The van der Waals surface area contributed by atoms with Gasteiger partial charge in [-0.2, -0.15) is 11.8 Å². The van der Waals surface area contributed by atoms with Gasteiger partial charge in [-0.15, -0.1) is 0 Å². The third-order valence-electron chi connectivity index (χ3n) is 2.66. The summed E-state index contributed by atoms with van der Waals surface area (Å²) in [6, 6.07) is 6.75. The molecule has 1 rings (SSSR count). The minimum Gasteiger partial charge on any atom is -0.469 e. The maximum Gasteiger partial charge on any atom is 0.306 e. The van der Waals surface area contributed by atoms with Crippen LogP contribution in [0.4, 0.5) is 5.69 Å². The fourth-order valence-electron chi connectivity index (χ4n) is 1.62. The van der Waals surface area contributed by atoms with Gasteiger partial charge in [0, 0.05) is 23.5 Å². The molecular weight excluding hydrogens is 304 g/mol. The number of ether oxygens (including phenoxy) is 1. The van der Waals surface area contributed by atoms with E-state index < -0.39 is 0 Å². The lowest BCUT2D eigenvalue weighted by Gasteiger charge is -2.07. The van der Waals surface area contributed by atoms with E-state index in [-0.39, 0.29) is 30.0 Å². The highest BCUT2D eigenvalue weighted by molar-refractivity contribution is 7.99. The molecular formula is C15H20N2O4S. The van der Waals surface area contributed by atoms with Crippen LogP contribution in [0.1, 0.15) is 23.7 Å². The van der Waals surface area contributed by atoms with Crippen molar-refractivity contribution < 1.29 is 19.1 Å². The van der Waals surface area contributed by atoms with Crippen LogP contribution in [0.25, 0.3) is 0 Å². The molecule has 0 aliphatic rings. The van der Waals surface area contributed by atoms with Crippen molar-refractivity contribution >= 4 is 35.2 Å². The summed E-state index contributed by atoms with van der Waals surface area (Å²) in [4.78, 5) is 34.4. The number of nitrogens with one attached hydrogen (secondary N) is 2. The Morgan fingerprint density at radius 1 is 1.27 bits per heavy atom. The number of carbonyl (C=O) groups excluding carboxylic acids is 3. The van der Waals surface area contributed by atoms with Crippen LogP contribution in [0.2, 0.25) is 0 Å². The fraction of sp³-hybridized carbons (Fsp3) is 0.400. The maximum absolute atomic E-state index is 11.8. The van der Waals surface area contributed by atoms with Gasteiger partial charge in [-0.05, 0) is 25.1 Å². The Balaban J connectivity index is 2.42. The Labute approximate surface area is 134 Å². The van der Waals surface area contributed by atoms with Gasteiger partial charge in [0.25, 0.3) is 5.91 Å². The molecule has 120 valence electrons. The van der Waals surface area contributed by atoms with E-state index in [1.54, 1.807) is 24.3 Å². The average Bonchev–Trinajstić information content (AvgIpc) is 2.51. The summed E-state index contributed by atoms with van der Waals surface area (Å²) in [5.41, 5.74) is 1.07. The molecule has 2 N–H and O–H groups in total. The highest BCUT2D eigenvalue weighted by Crippen LogP contribution is 2.12. The summed E-state index contributed by atoms with van der Waals surface area (Å²) in [7, 11) is 1.33. The molecule has 0 aromatic heterocycles. The smallest absolute Gasteiger partial charge is 0.306 e. The van der Waals surface area contributed by atoms with Crippen molar-refractivity contribution in [2.45, 2.75) is 13.3 Å². The van der Waals surface area contributed by atoms with Crippen LogP contribution in [0, 0.1) is 0 Å². The third-order valence-corrected chi connectivity index (χ3v) is 3.62. The van der Waals surface area contributed by atoms with Crippen molar-refractivity contribution in [3.8, 4) is 0 Å². The molecule has 1 aromatic carbocycles. The van der Waals surface area contributed by atoms with Gasteiger partial charge in [-0.25, -0.2) is 0 Å². The molecule has 0 fully saturated rings. The molecule has 0 spiro atoms. The maximum atomic E-state index is 11.8. The molecule has 6 nitrogen and oxygen atoms in total. The predicted octanol–water partition coefficient (Wildman–Crippen LogP) is 1.67. The van der Waals surface area contributed by atoms with Crippen molar-refractivity contribution in [3.05, 3.63) is 29.8 Å². The Hall–Kier alpha value is -2.02. The zero-order chi connectivity index (χ0) is 16.4. The number of anilines is 1. The zero-order valence-electron chi connectivity index (χ0n) is 12.7. The molecule has 0 saturated heterocycles. The lowest BCUT2D eigenvalue weighted by molar-refractivity contribution is -0.140. The molecule has 0 bridgehead atoms. The SMILES string of the molecule is CCNC(=O)c1cccc(NC(=O)CSCCC(=O)OC)c1. The Morgan fingerprint density at radius 2 is 2.05 bits per heavy atom. The van der Waals surface area contributed by atoms with E-state index in [0.717, 1.165) is 0 Å². The molecule has 7 heteroatoms. The molecule has 1 aromatic rings. The first-order valence-electron chi connectivity index (χ1n) is 6.89. The van der Waals surface area contributed by atoms with Crippen LogP contribution in [0.3, 0.4) is 0 Å². The number of rotatable bonds is 8. The molecule has 0 aliphatic carbocycles. The third kappa shape index (κ3) is 6.62. The zero-order valence-corrected chi connectivity index (χ0v) is 13.5. The van der Waals surface area contributed by atoms with Crippen molar-refractivity contribution in [1.29, 1.82) is 0 Å². The first-order chi connectivity index (χ1) is 10.6. The van der Waals surface area contributed by atoms with Crippen LogP contribution in [-0.2, 0) is 14.3 Å².